The monoisotopic (exact) mass is 334 g/mol. The molecule has 1 aromatic carbocycles. The quantitative estimate of drug-likeness (QED) is 0.604. The van der Waals surface area contributed by atoms with Crippen molar-refractivity contribution in [2.45, 2.75) is 11.8 Å². The molecule has 6 heteroatoms. The molecule has 0 atom stereocenters. The van der Waals surface area contributed by atoms with Crippen LogP contribution >= 0.6 is 35.7 Å². The third kappa shape index (κ3) is 2.63. The lowest BCUT2D eigenvalue weighted by molar-refractivity contribution is -0.121. The lowest BCUT2D eigenvalue weighted by Gasteiger charge is -2.17. The highest BCUT2D eigenvalue weighted by atomic mass is 32.2. The summed E-state index contributed by atoms with van der Waals surface area (Å²) in [6, 6.07) is 8.34. The molecule has 2 heterocycles. The summed E-state index contributed by atoms with van der Waals surface area (Å²) in [5.41, 5.74) is 1.23. The van der Waals surface area contributed by atoms with Gasteiger partial charge in [-0.1, -0.05) is 47.9 Å². The van der Waals surface area contributed by atoms with Crippen LogP contribution < -0.4 is 4.90 Å². The lowest BCUT2D eigenvalue weighted by Crippen LogP contribution is -2.22. The number of anilines is 1. The molecular weight excluding hydrogens is 320 g/mol. The number of likely N-dealkylation sites (N-methyl/N-ethyl adjacent to an activating group) is 1. The maximum Gasteiger partial charge on any atom is 0.265 e. The van der Waals surface area contributed by atoms with Crippen molar-refractivity contribution in [1.29, 1.82) is 0 Å². The molecule has 0 aliphatic carbocycles. The minimum absolute atomic E-state index is 0.0228. The van der Waals surface area contributed by atoms with Crippen molar-refractivity contribution in [2.24, 2.45) is 0 Å². The smallest absolute Gasteiger partial charge is 0.265 e. The Kier molecular flexibility index (Phi) is 4.10. The van der Waals surface area contributed by atoms with E-state index in [4.69, 9.17) is 12.2 Å². The molecule has 0 spiro atoms. The number of carbonyl (C=O) groups excluding carboxylic acids is 1. The molecule has 1 amide bonds. The Labute approximate surface area is 138 Å². The minimum Gasteiger partial charge on any atom is -0.335 e. The van der Waals surface area contributed by atoms with E-state index in [9.17, 15) is 4.79 Å². The van der Waals surface area contributed by atoms with Gasteiger partial charge in [0.2, 0.25) is 0 Å². The van der Waals surface area contributed by atoms with Crippen LogP contribution in [0.2, 0.25) is 0 Å². The second kappa shape index (κ2) is 5.87. The third-order valence-corrected chi connectivity index (χ3v) is 5.95. The summed E-state index contributed by atoms with van der Waals surface area (Å²) >= 11 is 8.22. The van der Waals surface area contributed by atoms with E-state index in [1.54, 1.807) is 18.8 Å². The Balaban J connectivity index is 1.89. The summed E-state index contributed by atoms with van der Waals surface area (Å²) in [5.74, 6) is -0.0228. The van der Waals surface area contributed by atoms with Crippen LogP contribution in [0.1, 0.15) is 6.92 Å². The van der Waals surface area contributed by atoms with E-state index in [0.29, 0.717) is 9.23 Å². The van der Waals surface area contributed by atoms with Crippen LogP contribution in [0, 0.1) is 0 Å². The summed E-state index contributed by atoms with van der Waals surface area (Å²) in [6.07, 6.45) is 3.88. The molecule has 0 unspecified atom stereocenters. The number of fused-ring (bicyclic) bond motifs is 1. The average Bonchev–Trinajstić information content (AvgIpc) is 2.97. The van der Waals surface area contributed by atoms with E-state index in [1.165, 1.54) is 27.2 Å². The van der Waals surface area contributed by atoms with Crippen LogP contribution in [-0.4, -0.2) is 28.7 Å². The van der Waals surface area contributed by atoms with Gasteiger partial charge in [-0.2, -0.15) is 0 Å². The summed E-state index contributed by atoms with van der Waals surface area (Å²) in [4.78, 5) is 17.7. The highest BCUT2D eigenvalue weighted by Crippen LogP contribution is 2.45. The largest absolute Gasteiger partial charge is 0.335 e. The Morgan fingerprint density at radius 2 is 2.00 bits per heavy atom. The fourth-order valence-corrected chi connectivity index (χ4v) is 4.46. The number of amides is 1. The Hall–Kier alpha value is -1.24. The molecule has 21 heavy (non-hydrogen) atoms. The van der Waals surface area contributed by atoms with E-state index in [1.807, 2.05) is 24.3 Å². The van der Waals surface area contributed by atoms with Crippen molar-refractivity contribution in [3.05, 3.63) is 46.4 Å². The summed E-state index contributed by atoms with van der Waals surface area (Å²) in [7, 11) is 1.71. The summed E-state index contributed by atoms with van der Waals surface area (Å²) in [6.45, 7) is 3.03. The normalized spacial score (nSPS) is 21.8. The number of hydrogen-bond donors (Lipinski definition) is 0. The van der Waals surface area contributed by atoms with Crippen molar-refractivity contribution in [1.82, 2.24) is 4.90 Å². The molecule has 0 saturated carbocycles. The minimum atomic E-state index is -0.0228. The predicted octanol–water partition coefficient (Wildman–Crippen LogP) is 3.83. The molecule has 3 rings (SSSR count). The predicted molar refractivity (Wildman–Crippen MR) is 94.4 cm³/mol. The van der Waals surface area contributed by atoms with Crippen LogP contribution in [-0.2, 0) is 4.79 Å². The van der Waals surface area contributed by atoms with E-state index in [0.717, 1.165) is 11.6 Å². The third-order valence-electron chi connectivity index (χ3n) is 3.32. The van der Waals surface area contributed by atoms with Gasteiger partial charge in [-0.3, -0.25) is 9.69 Å². The van der Waals surface area contributed by atoms with Crippen molar-refractivity contribution >= 4 is 51.7 Å². The molecular formula is C15H14N2OS3. The van der Waals surface area contributed by atoms with Crippen molar-refractivity contribution < 1.29 is 4.79 Å². The van der Waals surface area contributed by atoms with Gasteiger partial charge in [0.15, 0.2) is 0 Å². The lowest BCUT2D eigenvalue weighted by atomic mass is 10.3. The maximum atomic E-state index is 12.0. The molecule has 1 saturated heterocycles. The Morgan fingerprint density at radius 3 is 2.67 bits per heavy atom. The summed E-state index contributed by atoms with van der Waals surface area (Å²) < 4.78 is 0.611. The van der Waals surface area contributed by atoms with Gasteiger partial charge in [0.05, 0.1) is 15.6 Å². The van der Waals surface area contributed by atoms with Crippen LogP contribution in [0.4, 0.5) is 5.69 Å². The second-order valence-corrected chi connectivity index (χ2v) is 7.32. The number of thiocarbonyl (C=S) groups is 1. The maximum absolute atomic E-state index is 12.0. The number of rotatable bonds is 2. The molecule has 2 aliphatic rings. The molecule has 0 N–H and O–H groups in total. The topological polar surface area (TPSA) is 23.6 Å². The highest BCUT2D eigenvalue weighted by molar-refractivity contribution is 8.26. The first-order valence-corrected chi connectivity index (χ1v) is 8.62. The fraction of sp³-hybridized carbons (Fsp3) is 0.200. The number of nitrogens with zero attached hydrogens (tertiary/aromatic N) is 2. The molecule has 2 aliphatic heterocycles. The van der Waals surface area contributed by atoms with Crippen molar-refractivity contribution in [2.75, 3.05) is 18.5 Å². The zero-order valence-electron chi connectivity index (χ0n) is 11.7. The van der Waals surface area contributed by atoms with Gasteiger partial charge in [-0.05, 0) is 31.2 Å². The molecule has 0 bridgehead atoms. The Bertz CT molecular complexity index is 681. The van der Waals surface area contributed by atoms with Gasteiger partial charge in [-0.15, -0.1) is 0 Å². The molecule has 3 nitrogen and oxygen atoms in total. The molecule has 1 fully saturated rings. The first-order valence-electron chi connectivity index (χ1n) is 6.58. The first kappa shape index (κ1) is 14.7. The number of benzene rings is 1. The molecule has 1 aromatic rings. The Morgan fingerprint density at radius 1 is 1.24 bits per heavy atom. The second-order valence-electron chi connectivity index (χ2n) is 4.58. The fourth-order valence-electron chi connectivity index (χ4n) is 2.21. The van der Waals surface area contributed by atoms with Crippen molar-refractivity contribution in [3.63, 3.8) is 0 Å². The zero-order valence-corrected chi connectivity index (χ0v) is 14.1. The van der Waals surface area contributed by atoms with Crippen LogP contribution in [0.5, 0.6) is 0 Å². The average molecular weight is 334 g/mol. The SMILES string of the molecule is CCN1/C(=C/C=C2/SC(=S)N(C)C2=O)Sc2ccccc21. The van der Waals surface area contributed by atoms with Gasteiger partial charge in [0.1, 0.15) is 4.32 Å². The molecule has 108 valence electrons. The number of allylic oxidation sites excluding steroid dienone is 2. The van der Waals surface area contributed by atoms with Gasteiger partial charge in [-0.25, -0.2) is 0 Å². The van der Waals surface area contributed by atoms with Gasteiger partial charge >= 0.3 is 0 Å². The van der Waals surface area contributed by atoms with Crippen LogP contribution in [0.3, 0.4) is 0 Å². The zero-order chi connectivity index (χ0) is 15.0. The number of hydrogen-bond acceptors (Lipinski definition) is 5. The number of carbonyl (C=O) groups is 1. The molecule has 0 aromatic heterocycles. The van der Waals surface area contributed by atoms with Crippen LogP contribution in [0.15, 0.2) is 51.2 Å². The van der Waals surface area contributed by atoms with Crippen LogP contribution in [0.25, 0.3) is 0 Å². The van der Waals surface area contributed by atoms with Gasteiger partial charge < -0.3 is 4.90 Å². The summed E-state index contributed by atoms with van der Waals surface area (Å²) in [5, 5.41) is 1.14. The highest BCUT2D eigenvalue weighted by Gasteiger charge is 2.29. The van der Waals surface area contributed by atoms with E-state index in [-0.39, 0.29) is 5.91 Å². The van der Waals surface area contributed by atoms with Gasteiger partial charge in [0.25, 0.3) is 5.91 Å². The molecule has 0 radical (unpaired) electrons. The van der Waals surface area contributed by atoms with E-state index >= 15 is 0 Å². The standard InChI is InChI=1S/C15H14N2OS3/c1-3-17-10-6-4-5-7-11(10)20-13(17)9-8-12-14(18)16(2)15(19)21-12/h4-9H,3H2,1-2H3/b12-8+,13-9-. The number of para-hydroxylation sites is 1. The number of thioether (sulfide) groups is 2. The first-order chi connectivity index (χ1) is 10.1. The van der Waals surface area contributed by atoms with Gasteiger partial charge in [0, 0.05) is 18.5 Å². The van der Waals surface area contributed by atoms with E-state index in [2.05, 4.69) is 24.0 Å². The van der Waals surface area contributed by atoms with E-state index < -0.39 is 0 Å². The van der Waals surface area contributed by atoms with Crippen molar-refractivity contribution in [3.8, 4) is 0 Å².